The standard InChI is InChI=1S/C14H25N3OS/c1-3-4-12(7-8-15)5-6-14(18)17(2)9-13-10-19-11-16-13/h10-12H,3-9,15H2,1-2H3. The normalized spacial score (nSPS) is 12.4. The molecule has 0 aliphatic rings. The SMILES string of the molecule is CCCC(CCN)CCC(=O)N(C)Cc1cscn1. The summed E-state index contributed by atoms with van der Waals surface area (Å²) in [6, 6.07) is 0. The molecule has 1 aromatic rings. The number of nitrogens with zero attached hydrogens (tertiary/aromatic N) is 2. The number of nitrogens with two attached hydrogens (primary N) is 1. The van der Waals surface area contributed by atoms with Crippen molar-refractivity contribution < 1.29 is 4.79 Å². The van der Waals surface area contributed by atoms with E-state index in [-0.39, 0.29) is 5.91 Å². The highest BCUT2D eigenvalue weighted by Crippen LogP contribution is 2.18. The molecule has 0 aliphatic heterocycles. The lowest BCUT2D eigenvalue weighted by Gasteiger charge is -2.19. The Morgan fingerprint density at radius 3 is 2.84 bits per heavy atom. The monoisotopic (exact) mass is 283 g/mol. The fourth-order valence-electron chi connectivity index (χ4n) is 2.24. The zero-order valence-corrected chi connectivity index (χ0v) is 12.8. The second kappa shape index (κ2) is 9.04. The molecule has 1 unspecified atom stereocenters. The zero-order valence-electron chi connectivity index (χ0n) is 12.0. The summed E-state index contributed by atoms with van der Waals surface area (Å²) in [4.78, 5) is 18.0. The van der Waals surface area contributed by atoms with E-state index in [0.29, 0.717) is 25.4 Å². The molecule has 1 atom stereocenters. The number of aromatic nitrogens is 1. The molecular formula is C14H25N3OS. The Labute approximate surface area is 120 Å². The van der Waals surface area contributed by atoms with Gasteiger partial charge in [0.2, 0.25) is 5.91 Å². The fourth-order valence-corrected chi connectivity index (χ4v) is 2.79. The molecule has 0 aromatic carbocycles. The Kier molecular flexibility index (Phi) is 7.67. The molecule has 0 aliphatic carbocycles. The van der Waals surface area contributed by atoms with Crippen molar-refractivity contribution in [3.63, 3.8) is 0 Å². The molecule has 1 rings (SSSR count). The molecule has 0 spiro atoms. The predicted molar refractivity (Wildman–Crippen MR) is 79.9 cm³/mol. The number of thiazole rings is 1. The lowest BCUT2D eigenvalue weighted by molar-refractivity contribution is -0.130. The molecule has 4 nitrogen and oxygen atoms in total. The summed E-state index contributed by atoms with van der Waals surface area (Å²) >= 11 is 1.56. The predicted octanol–water partition coefficient (Wildman–Crippen LogP) is 2.65. The second-order valence-electron chi connectivity index (χ2n) is 5.00. The molecular weight excluding hydrogens is 258 g/mol. The average Bonchev–Trinajstić information content (AvgIpc) is 2.89. The third kappa shape index (κ3) is 6.16. The highest BCUT2D eigenvalue weighted by atomic mass is 32.1. The number of carbonyl (C=O) groups is 1. The third-order valence-electron chi connectivity index (χ3n) is 3.35. The van der Waals surface area contributed by atoms with Crippen molar-refractivity contribution in [2.24, 2.45) is 11.7 Å². The largest absolute Gasteiger partial charge is 0.340 e. The quantitative estimate of drug-likeness (QED) is 0.758. The van der Waals surface area contributed by atoms with E-state index in [1.165, 1.54) is 6.42 Å². The summed E-state index contributed by atoms with van der Waals surface area (Å²) in [7, 11) is 1.85. The van der Waals surface area contributed by atoms with Gasteiger partial charge in [-0.1, -0.05) is 19.8 Å². The highest BCUT2D eigenvalue weighted by Gasteiger charge is 2.13. The third-order valence-corrected chi connectivity index (χ3v) is 3.98. The van der Waals surface area contributed by atoms with Gasteiger partial charge in [0.1, 0.15) is 0 Å². The van der Waals surface area contributed by atoms with Crippen molar-refractivity contribution in [1.29, 1.82) is 0 Å². The highest BCUT2D eigenvalue weighted by molar-refractivity contribution is 7.07. The maximum Gasteiger partial charge on any atom is 0.222 e. The maximum atomic E-state index is 12.1. The minimum Gasteiger partial charge on any atom is -0.340 e. The van der Waals surface area contributed by atoms with E-state index in [1.807, 2.05) is 12.4 Å². The lowest BCUT2D eigenvalue weighted by atomic mass is 9.94. The number of rotatable bonds is 9. The first-order chi connectivity index (χ1) is 9.17. The molecule has 0 bridgehead atoms. The van der Waals surface area contributed by atoms with E-state index in [2.05, 4.69) is 11.9 Å². The van der Waals surface area contributed by atoms with Crippen molar-refractivity contribution in [3.8, 4) is 0 Å². The topological polar surface area (TPSA) is 59.2 Å². The molecule has 0 radical (unpaired) electrons. The van der Waals surface area contributed by atoms with Crippen LogP contribution in [0.2, 0.25) is 0 Å². The Balaban J connectivity index is 2.32. The van der Waals surface area contributed by atoms with Gasteiger partial charge in [0.15, 0.2) is 0 Å². The van der Waals surface area contributed by atoms with Gasteiger partial charge in [-0.25, -0.2) is 4.98 Å². The summed E-state index contributed by atoms with van der Waals surface area (Å²) in [5, 5.41) is 1.98. The van der Waals surface area contributed by atoms with Crippen LogP contribution in [0.25, 0.3) is 0 Å². The summed E-state index contributed by atoms with van der Waals surface area (Å²) in [6.07, 6.45) is 4.92. The van der Waals surface area contributed by atoms with Crippen LogP contribution < -0.4 is 5.73 Å². The van der Waals surface area contributed by atoms with Crippen LogP contribution in [0.5, 0.6) is 0 Å². The Morgan fingerprint density at radius 1 is 1.47 bits per heavy atom. The summed E-state index contributed by atoms with van der Waals surface area (Å²) in [5.41, 5.74) is 8.38. The van der Waals surface area contributed by atoms with Crippen molar-refractivity contribution in [2.75, 3.05) is 13.6 Å². The first-order valence-electron chi connectivity index (χ1n) is 6.98. The molecule has 0 saturated carbocycles. The maximum absolute atomic E-state index is 12.1. The summed E-state index contributed by atoms with van der Waals surface area (Å²) in [5.74, 6) is 0.790. The summed E-state index contributed by atoms with van der Waals surface area (Å²) in [6.45, 7) is 3.50. The number of hydrogen-bond acceptors (Lipinski definition) is 4. The molecule has 19 heavy (non-hydrogen) atoms. The van der Waals surface area contributed by atoms with Gasteiger partial charge < -0.3 is 10.6 Å². The van der Waals surface area contributed by atoms with E-state index in [4.69, 9.17) is 5.73 Å². The Bertz CT molecular complexity index is 348. The van der Waals surface area contributed by atoms with Crippen molar-refractivity contribution in [1.82, 2.24) is 9.88 Å². The first kappa shape index (κ1) is 16.1. The van der Waals surface area contributed by atoms with Crippen molar-refractivity contribution >= 4 is 17.2 Å². The number of carbonyl (C=O) groups excluding carboxylic acids is 1. The smallest absolute Gasteiger partial charge is 0.222 e. The van der Waals surface area contributed by atoms with Crippen LogP contribution in [-0.4, -0.2) is 29.4 Å². The van der Waals surface area contributed by atoms with Gasteiger partial charge in [0.05, 0.1) is 17.7 Å². The van der Waals surface area contributed by atoms with E-state index >= 15 is 0 Å². The van der Waals surface area contributed by atoms with Crippen LogP contribution in [0.3, 0.4) is 0 Å². The van der Waals surface area contributed by atoms with Crippen molar-refractivity contribution in [2.45, 2.75) is 45.6 Å². The van der Waals surface area contributed by atoms with Crippen molar-refractivity contribution in [3.05, 3.63) is 16.6 Å². The van der Waals surface area contributed by atoms with Gasteiger partial charge >= 0.3 is 0 Å². The van der Waals surface area contributed by atoms with Crippen LogP contribution in [0.1, 0.15) is 44.7 Å². The van der Waals surface area contributed by atoms with Gasteiger partial charge in [-0.05, 0) is 25.3 Å². The molecule has 0 fully saturated rings. The van der Waals surface area contributed by atoms with E-state index in [0.717, 1.165) is 25.0 Å². The molecule has 108 valence electrons. The van der Waals surface area contributed by atoms with Gasteiger partial charge in [-0.3, -0.25) is 4.79 Å². The van der Waals surface area contributed by atoms with E-state index < -0.39 is 0 Å². The molecule has 1 amide bonds. The molecule has 0 saturated heterocycles. The van der Waals surface area contributed by atoms with Gasteiger partial charge in [0, 0.05) is 18.8 Å². The van der Waals surface area contributed by atoms with Crippen LogP contribution in [-0.2, 0) is 11.3 Å². The van der Waals surface area contributed by atoms with Crippen LogP contribution in [0.4, 0.5) is 0 Å². The van der Waals surface area contributed by atoms with Crippen LogP contribution in [0.15, 0.2) is 10.9 Å². The Morgan fingerprint density at radius 2 is 2.26 bits per heavy atom. The lowest BCUT2D eigenvalue weighted by Crippen LogP contribution is -2.26. The van der Waals surface area contributed by atoms with Crippen LogP contribution in [0, 0.1) is 5.92 Å². The zero-order chi connectivity index (χ0) is 14.1. The number of amides is 1. The van der Waals surface area contributed by atoms with E-state index in [1.54, 1.807) is 21.7 Å². The molecule has 1 heterocycles. The van der Waals surface area contributed by atoms with E-state index in [9.17, 15) is 4.79 Å². The average molecular weight is 283 g/mol. The minimum atomic E-state index is 0.200. The molecule has 1 aromatic heterocycles. The molecule has 5 heteroatoms. The minimum absolute atomic E-state index is 0.200. The Hall–Kier alpha value is -0.940. The van der Waals surface area contributed by atoms with Gasteiger partial charge in [0.25, 0.3) is 0 Å². The second-order valence-corrected chi connectivity index (χ2v) is 5.72. The number of hydrogen-bond donors (Lipinski definition) is 1. The van der Waals surface area contributed by atoms with Crippen LogP contribution >= 0.6 is 11.3 Å². The first-order valence-corrected chi connectivity index (χ1v) is 7.92. The fraction of sp³-hybridized carbons (Fsp3) is 0.714. The summed E-state index contributed by atoms with van der Waals surface area (Å²) < 4.78 is 0. The van der Waals surface area contributed by atoms with Gasteiger partial charge in [-0.2, -0.15) is 0 Å². The van der Waals surface area contributed by atoms with Gasteiger partial charge in [-0.15, -0.1) is 11.3 Å². The molecule has 2 N–H and O–H groups in total.